The van der Waals surface area contributed by atoms with Crippen LogP contribution in [0.5, 0.6) is 11.5 Å². The van der Waals surface area contributed by atoms with Crippen LogP contribution in [0.4, 0.5) is 5.69 Å². The zero-order chi connectivity index (χ0) is 30.6. The molecule has 1 amide bonds. The number of nitrogens with zero attached hydrogens (tertiary/aromatic N) is 3. The van der Waals surface area contributed by atoms with Crippen LogP contribution in [-0.4, -0.2) is 80.4 Å². The molecule has 2 aromatic carbocycles. The average Bonchev–Trinajstić information content (AvgIpc) is 3.31. The maximum absolute atomic E-state index is 13.5. The summed E-state index contributed by atoms with van der Waals surface area (Å²) in [4.78, 5) is 17.3. The summed E-state index contributed by atoms with van der Waals surface area (Å²) in [6.45, 7) is 8.42. The fourth-order valence-corrected chi connectivity index (χ4v) is 6.57. The lowest BCUT2D eigenvalue weighted by Crippen LogP contribution is -2.47. The monoisotopic (exact) mass is 600 g/mol. The second-order valence-electron chi connectivity index (χ2n) is 11.0. The Morgan fingerprint density at radius 1 is 1.21 bits per heavy atom. The topological polar surface area (TPSA) is 134 Å². The third kappa shape index (κ3) is 7.23. The molecule has 0 spiro atoms. The zero-order valence-corrected chi connectivity index (χ0v) is 25.8. The number of rotatable bonds is 10. The van der Waals surface area contributed by atoms with E-state index in [4.69, 9.17) is 14.0 Å². The number of hydrogen-bond donors (Lipinski definition) is 2. The normalized spacial score (nSPS) is 18.5. The minimum atomic E-state index is -3.98. The zero-order valence-electron chi connectivity index (χ0n) is 25.0. The smallest absolute Gasteiger partial charge is 0.267 e. The molecule has 3 aromatic rings. The summed E-state index contributed by atoms with van der Waals surface area (Å²) in [5.41, 5.74) is 2.21. The summed E-state index contributed by atoms with van der Waals surface area (Å²) in [6, 6.07) is 12.4. The van der Waals surface area contributed by atoms with Gasteiger partial charge in [-0.15, -0.1) is 0 Å². The van der Waals surface area contributed by atoms with Gasteiger partial charge in [0, 0.05) is 36.8 Å². The fraction of sp³-hybridized carbons (Fsp3) is 0.467. The van der Waals surface area contributed by atoms with Crippen LogP contribution in [0.2, 0.25) is 0 Å². The number of amides is 1. The second kappa shape index (κ2) is 13.1. The SMILES string of the molecule is COc1ccc(CN(C)C[C@@H]2Oc3ccc(NS(=O)(=O)c4c(C)noc4C)cc3CC(=O)N([C@@H](C)CO)C[C@@H]2C)cc1. The average molecular weight is 601 g/mol. The number of likely N-dealkylation sites (N-methyl/N-ethyl adjacent to an activating group) is 1. The Morgan fingerprint density at radius 2 is 1.93 bits per heavy atom. The van der Waals surface area contributed by atoms with Crippen LogP contribution in [0.1, 0.15) is 36.4 Å². The van der Waals surface area contributed by atoms with Crippen LogP contribution in [-0.2, 0) is 27.8 Å². The number of hydrogen-bond acceptors (Lipinski definition) is 9. The first kappa shape index (κ1) is 31.3. The number of aromatic nitrogens is 1. The first-order valence-corrected chi connectivity index (χ1v) is 15.4. The van der Waals surface area contributed by atoms with Gasteiger partial charge < -0.3 is 24.0 Å². The minimum absolute atomic E-state index is 0.0122. The molecule has 12 heteroatoms. The van der Waals surface area contributed by atoms with Crippen molar-refractivity contribution >= 4 is 21.6 Å². The fourth-order valence-electron chi connectivity index (χ4n) is 5.19. The van der Waals surface area contributed by atoms with Gasteiger partial charge in [-0.2, -0.15) is 0 Å². The van der Waals surface area contributed by atoms with Gasteiger partial charge in [-0.3, -0.25) is 14.4 Å². The highest BCUT2D eigenvalue weighted by molar-refractivity contribution is 7.92. The standard InChI is InChI=1S/C30H40N4O7S/c1-19-15-34(20(2)18-35)29(36)14-24-13-25(32-42(37,38)30-21(3)31-41-22(30)4)9-12-27(24)40-28(19)17-33(5)16-23-7-10-26(39-6)11-8-23/h7-13,19-20,28,32,35H,14-18H2,1-6H3/t19-,20-,28-/m0/s1. The number of anilines is 1. The van der Waals surface area contributed by atoms with Crippen molar-refractivity contribution in [3.63, 3.8) is 0 Å². The van der Waals surface area contributed by atoms with Crippen LogP contribution < -0.4 is 14.2 Å². The Hall–Kier alpha value is -3.61. The number of sulfonamides is 1. The summed E-state index contributed by atoms with van der Waals surface area (Å²) in [5.74, 6) is 1.25. The number of methoxy groups -OCH3 is 1. The molecule has 4 rings (SSSR count). The van der Waals surface area contributed by atoms with Crippen molar-refractivity contribution < 1.29 is 32.3 Å². The van der Waals surface area contributed by atoms with Crippen molar-refractivity contribution in [2.45, 2.75) is 57.7 Å². The lowest BCUT2D eigenvalue weighted by Gasteiger charge is -2.34. The number of fused-ring (bicyclic) bond motifs is 1. The largest absolute Gasteiger partial charge is 0.497 e. The van der Waals surface area contributed by atoms with E-state index >= 15 is 0 Å². The number of aliphatic hydroxyl groups is 1. The Balaban J connectivity index is 1.62. The molecule has 0 bridgehead atoms. The van der Waals surface area contributed by atoms with E-state index < -0.39 is 10.0 Å². The number of ether oxygens (including phenoxy) is 2. The third-order valence-corrected chi connectivity index (χ3v) is 9.13. The maximum Gasteiger partial charge on any atom is 0.267 e. The summed E-state index contributed by atoms with van der Waals surface area (Å²) in [7, 11) is -0.333. The van der Waals surface area contributed by atoms with Gasteiger partial charge in [0.25, 0.3) is 10.0 Å². The number of carbonyl (C=O) groups excluding carboxylic acids is 1. The number of nitrogens with one attached hydrogen (secondary N) is 1. The lowest BCUT2D eigenvalue weighted by molar-refractivity contribution is -0.134. The van der Waals surface area contributed by atoms with Crippen molar-refractivity contribution in [3.05, 3.63) is 65.0 Å². The van der Waals surface area contributed by atoms with Crippen LogP contribution in [0.3, 0.4) is 0 Å². The molecule has 0 saturated carbocycles. The number of aliphatic hydroxyl groups excluding tert-OH is 1. The quantitative estimate of drug-likeness (QED) is 0.359. The van der Waals surface area contributed by atoms with Gasteiger partial charge in [0.05, 0.1) is 26.2 Å². The van der Waals surface area contributed by atoms with Crippen LogP contribution in [0, 0.1) is 19.8 Å². The highest BCUT2D eigenvalue weighted by Gasteiger charge is 2.32. The molecule has 0 radical (unpaired) electrons. The van der Waals surface area contributed by atoms with Crippen molar-refractivity contribution in [2.75, 3.05) is 38.6 Å². The molecule has 1 aliphatic rings. The Kier molecular flexibility index (Phi) is 9.80. The van der Waals surface area contributed by atoms with E-state index in [1.807, 2.05) is 45.2 Å². The van der Waals surface area contributed by atoms with Crippen LogP contribution >= 0.6 is 0 Å². The van der Waals surface area contributed by atoms with Gasteiger partial charge in [-0.1, -0.05) is 24.2 Å². The molecular weight excluding hydrogens is 560 g/mol. The second-order valence-corrected chi connectivity index (χ2v) is 12.6. The van der Waals surface area contributed by atoms with Crippen molar-refractivity contribution in [2.24, 2.45) is 5.92 Å². The summed E-state index contributed by atoms with van der Waals surface area (Å²) in [6.07, 6.45) is -0.307. The Bertz CT molecular complexity index is 1470. The van der Waals surface area contributed by atoms with E-state index in [1.54, 1.807) is 37.1 Å². The maximum atomic E-state index is 13.5. The first-order chi connectivity index (χ1) is 19.9. The summed E-state index contributed by atoms with van der Waals surface area (Å²) >= 11 is 0. The summed E-state index contributed by atoms with van der Waals surface area (Å²) < 4.78 is 45.7. The van der Waals surface area contributed by atoms with Gasteiger partial charge in [0.1, 0.15) is 23.3 Å². The molecular formula is C30H40N4O7S. The van der Waals surface area contributed by atoms with Crippen molar-refractivity contribution in [1.29, 1.82) is 0 Å². The van der Waals surface area contributed by atoms with E-state index in [0.29, 0.717) is 30.9 Å². The first-order valence-electron chi connectivity index (χ1n) is 13.9. The number of benzene rings is 2. The third-order valence-electron chi connectivity index (χ3n) is 7.51. The van der Waals surface area contributed by atoms with E-state index in [9.17, 15) is 18.3 Å². The minimum Gasteiger partial charge on any atom is -0.497 e. The molecule has 42 heavy (non-hydrogen) atoms. The van der Waals surface area contributed by atoms with Crippen molar-refractivity contribution in [3.8, 4) is 11.5 Å². The molecule has 11 nitrogen and oxygen atoms in total. The number of aryl methyl sites for hydroxylation is 2. The Labute approximate surface area is 247 Å². The molecule has 3 atom stereocenters. The Morgan fingerprint density at radius 3 is 2.55 bits per heavy atom. The van der Waals surface area contributed by atoms with Gasteiger partial charge in [-0.05, 0) is 63.7 Å². The molecule has 2 N–H and O–H groups in total. The molecule has 0 fully saturated rings. The van der Waals surface area contributed by atoms with Crippen LogP contribution in [0.25, 0.3) is 0 Å². The lowest BCUT2D eigenvalue weighted by atomic mass is 10.0. The van der Waals surface area contributed by atoms with Gasteiger partial charge in [0.15, 0.2) is 10.7 Å². The van der Waals surface area contributed by atoms with Gasteiger partial charge in [0.2, 0.25) is 5.91 Å². The van der Waals surface area contributed by atoms with Gasteiger partial charge >= 0.3 is 0 Å². The van der Waals surface area contributed by atoms with E-state index in [0.717, 1.165) is 11.3 Å². The van der Waals surface area contributed by atoms with E-state index in [2.05, 4.69) is 14.8 Å². The molecule has 0 saturated heterocycles. The predicted octanol–water partition coefficient (Wildman–Crippen LogP) is 3.38. The van der Waals surface area contributed by atoms with E-state index in [1.165, 1.54) is 6.92 Å². The summed E-state index contributed by atoms with van der Waals surface area (Å²) in [5, 5.41) is 13.7. The van der Waals surface area contributed by atoms with Crippen molar-refractivity contribution in [1.82, 2.24) is 15.0 Å². The van der Waals surface area contributed by atoms with E-state index in [-0.39, 0.29) is 59.0 Å². The van der Waals surface area contributed by atoms with Crippen LogP contribution in [0.15, 0.2) is 51.9 Å². The highest BCUT2D eigenvalue weighted by atomic mass is 32.2. The molecule has 228 valence electrons. The molecule has 2 heterocycles. The molecule has 0 aliphatic carbocycles. The molecule has 1 aromatic heterocycles. The molecule has 0 unspecified atom stereocenters. The predicted molar refractivity (Wildman–Crippen MR) is 158 cm³/mol. The van der Waals surface area contributed by atoms with Gasteiger partial charge in [-0.25, -0.2) is 8.42 Å². The highest BCUT2D eigenvalue weighted by Crippen LogP contribution is 2.31. The molecule has 1 aliphatic heterocycles. The number of carbonyl (C=O) groups is 1.